The van der Waals surface area contributed by atoms with Crippen LogP contribution in [-0.2, 0) is 13.1 Å². The number of nitrogens with zero attached hydrogens (tertiary/aromatic N) is 1. The number of furan rings is 1. The fourth-order valence-corrected chi connectivity index (χ4v) is 2.05. The van der Waals surface area contributed by atoms with Crippen LogP contribution in [0.3, 0.4) is 0 Å². The normalized spacial score (nSPS) is 16.1. The minimum atomic E-state index is -4.10. The molecule has 1 fully saturated rings. The Hall–Kier alpha value is -1.01. The van der Waals surface area contributed by atoms with E-state index >= 15 is 0 Å². The molecule has 0 amide bonds. The number of rotatable bonds is 7. The standard InChI is InChI=1S/C14H21F3N2O/c1-10-11(9-19(2)6-5-14(15,16)17)7-13(20-10)8-18-12-3-4-12/h7,12,18H,3-6,8-9H2,1-2H3. The summed E-state index contributed by atoms with van der Waals surface area (Å²) >= 11 is 0. The molecule has 1 heterocycles. The summed E-state index contributed by atoms with van der Waals surface area (Å²) in [5, 5.41) is 3.36. The minimum Gasteiger partial charge on any atom is -0.465 e. The maximum Gasteiger partial charge on any atom is 0.390 e. The van der Waals surface area contributed by atoms with Crippen LogP contribution in [0.5, 0.6) is 0 Å². The van der Waals surface area contributed by atoms with Crippen LogP contribution in [0.2, 0.25) is 0 Å². The molecule has 114 valence electrons. The van der Waals surface area contributed by atoms with Gasteiger partial charge in [-0.25, -0.2) is 0 Å². The summed E-state index contributed by atoms with van der Waals surface area (Å²) in [6.45, 7) is 3.03. The van der Waals surface area contributed by atoms with Crippen molar-refractivity contribution in [3.8, 4) is 0 Å². The molecule has 1 saturated carbocycles. The van der Waals surface area contributed by atoms with Crippen LogP contribution in [0.15, 0.2) is 10.5 Å². The van der Waals surface area contributed by atoms with Crippen molar-refractivity contribution in [3.05, 3.63) is 23.2 Å². The molecule has 1 aromatic rings. The number of nitrogens with one attached hydrogen (secondary N) is 1. The highest BCUT2D eigenvalue weighted by Crippen LogP contribution is 2.22. The Morgan fingerprint density at radius 1 is 1.40 bits per heavy atom. The quantitative estimate of drug-likeness (QED) is 0.836. The van der Waals surface area contributed by atoms with Crippen molar-refractivity contribution < 1.29 is 17.6 Å². The van der Waals surface area contributed by atoms with Gasteiger partial charge in [0.05, 0.1) is 13.0 Å². The Bertz CT molecular complexity index is 438. The average Bonchev–Trinajstić information content (AvgIpc) is 3.10. The van der Waals surface area contributed by atoms with E-state index < -0.39 is 12.6 Å². The van der Waals surface area contributed by atoms with Crippen molar-refractivity contribution >= 4 is 0 Å². The SMILES string of the molecule is Cc1oc(CNC2CC2)cc1CN(C)CCC(F)(F)F. The van der Waals surface area contributed by atoms with Gasteiger partial charge in [0.15, 0.2) is 0 Å². The van der Waals surface area contributed by atoms with Gasteiger partial charge in [0.2, 0.25) is 0 Å². The van der Waals surface area contributed by atoms with Gasteiger partial charge in [0.25, 0.3) is 0 Å². The van der Waals surface area contributed by atoms with E-state index in [1.165, 1.54) is 12.8 Å². The largest absolute Gasteiger partial charge is 0.465 e. The van der Waals surface area contributed by atoms with Gasteiger partial charge >= 0.3 is 6.18 Å². The molecule has 1 aliphatic carbocycles. The summed E-state index contributed by atoms with van der Waals surface area (Å²) in [4.78, 5) is 1.67. The van der Waals surface area contributed by atoms with Crippen molar-refractivity contribution in [2.75, 3.05) is 13.6 Å². The summed E-state index contributed by atoms with van der Waals surface area (Å²) < 4.78 is 42.1. The van der Waals surface area contributed by atoms with E-state index in [1.54, 1.807) is 11.9 Å². The molecule has 0 bridgehead atoms. The van der Waals surface area contributed by atoms with E-state index in [0.29, 0.717) is 19.1 Å². The lowest BCUT2D eigenvalue weighted by atomic mass is 10.2. The van der Waals surface area contributed by atoms with Gasteiger partial charge in [-0.1, -0.05) is 0 Å². The molecule has 0 atom stereocenters. The third kappa shape index (κ3) is 5.17. The maximum absolute atomic E-state index is 12.2. The van der Waals surface area contributed by atoms with Crippen molar-refractivity contribution in [2.45, 2.75) is 51.5 Å². The van der Waals surface area contributed by atoms with Crippen LogP contribution in [0.1, 0.15) is 36.3 Å². The lowest BCUT2D eigenvalue weighted by molar-refractivity contribution is -0.137. The minimum absolute atomic E-state index is 0.00375. The second kappa shape index (κ2) is 6.18. The smallest absolute Gasteiger partial charge is 0.390 e. The van der Waals surface area contributed by atoms with Crippen LogP contribution in [0, 0.1) is 6.92 Å². The molecule has 0 aliphatic heterocycles. The first-order chi connectivity index (χ1) is 9.33. The topological polar surface area (TPSA) is 28.4 Å². The number of hydrogen-bond acceptors (Lipinski definition) is 3. The predicted molar refractivity (Wildman–Crippen MR) is 70.3 cm³/mol. The highest BCUT2D eigenvalue weighted by Gasteiger charge is 2.27. The molecule has 6 heteroatoms. The van der Waals surface area contributed by atoms with Crippen molar-refractivity contribution in [2.24, 2.45) is 0 Å². The van der Waals surface area contributed by atoms with Gasteiger partial charge in [-0.3, -0.25) is 0 Å². The first-order valence-corrected chi connectivity index (χ1v) is 6.90. The van der Waals surface area contributed by atoms with E-state index in [1.807, 2.05) is 13.0 Å². The lowest BCUT2D eigenvalue weighted by Gasteiger charge is -2.17. The molecule has 2 rings (SSSR count). The molecule has 0 aromatic carbocycles. The zero-order valence-electron chi connectivity index (χ0n) is 11.9. The maximum atomic E-state index is 12.2. The lowest BCUT2D eigenvalue weighted by Crippen LogP contribution is -2.24. The summed E-state index contributed by atoms with van der Waals surface area (Å²) in [7, 11) is 1.69. The van der Waals surface area contributed by atoms with Gasteiger partial charge < -0.3 is 14.6 Å². The fraction of sp³-hybridized carbons (Fsp3) is 0.714. The van der Waals surface area contributed by atoms with Crippen molar-refractivity contribution in [1.29, 1.82) is 0 Å². The highest BCUT2D eigenvalue weighted by atomic mass is 19.4. The Labute approximate surface area is 117 Å². The second-order valence-corrected chi connectivity index (χ2v) is 5.55. The average molecular weight is 290 g/mol. The third-order valence-corrected chi connectivity index (χ3v) is 3.43. The van der Waals surface area contributed by atoms with Crippen molar-refractivity contribution in [3.63, 3.8) is 0 Å². The number of halogens is 3. The molecule has 1 N–H and O–H groups in total. The second-order valence-electron chi connectivity index (χ2n) is 5.55. The first kappa shape index (κ1) is 15.4. The van der Waals surface area contributed by atoms with Crippen LogP contribution in [0.25, 0.3) is 0 Å². The van der Waals surface area contributed by atoms with E-state index in [9.17, 15) is 13.2 Å². The van der Waals surface area contributed by atoms with Gasteiger partial charge in [0, 0.05) is 24.7 Å². The van der Waals surface area contributed by atoms with E-state index in [0.717, 1.165) is 17.1 Å². The first-order valence-electron chi connectivity index (χ1n) is 6.90. The Kier molecular flexibility index (Phi) is 4.75. The van der Waals surface area contributed by atoms with Gasteiger partial charge in [0.1, 0.15) is 11.5 Å². The molecule has 1 aliphatic rings. The van der Waals surface area contributed by atoms with Gasteiger partial charge in [-0.15, -0.1) is 0 Å². The molecular weight excluding hydrogens is 269 g/mol. The zero-order valence-corrected chi connectivity index (χ0v) is 11.9. The Morgan fingerprint density at radius 3 is 2.70 bits per heavy atom. The third-order valence-electron chi connectivity index (χ3n) is 3.43. The molecule has 0 radical (unpaired) electrons. The Balaban J connectivity index is 1.81. The molecule has 3 nitrogen and oxygen atoms in total. The molecular formula is C14H21F3N2O. The summed E-state index contributed by atoms with van der Waals surface area (Å²) in [6.07, 6.45) is -2.45. The molecule has 0 spiro atoms. The van der Waals surface area contributed by atoms with Crippen LogP contribution in [0.4, 0.5) is 13.2 Å². The van der Waals surface area contributed by atoms with Crippen LogP contribution < -0.4 is 5.32 Å². The van der Waals surface area contributed by atoms with Gasteiger partial charge in [-0.2, -0.15) is 13.2 Å². The van der Waals surface area contributed by atoms with E-state index in [4.69, 9.17) is 4.42 Å². The number of hydrogen-bond donors (Lipinski definition) is 1. The summed E-state index contributed by atoms with van der Waals surface area (Å²) in [5.41, 5.74) is 0.960. The summed E-state index contributed by atoms with van der Waals surface area (Å²) in [5.74, 6) is 1.64. The number of aryl methyl sites for hydroxylation is 1. The van der Waals surface area contributed by atoms with E-state index in [2.05, 4.69) is 5.32 Å². The number of alkyl halides is 3. The van der Waals surface area contributed by atoms with Crippen LogP contribution >= 0.6 is 0 Å². The van der Waals surface area contributed by atoms with Crippen LogP contribution in [-0.4, -0.2) is 30.7 Å². The van der Waals surface area contributed by atoms with E-state index in [-0.39, 0.29) is 6.54 Å². The van der Waals surface area contributed by atoms with Gasteiger partial charge in [-0.05, 0) is 32.9 Å². The summed E-state index contributed by atoms with van der Waals surface area (Å²) in [6, 6.07) is 2.55. The molecule has 1 aromatic heterocycles. The van der Waals surface area contributed by atoms with Crippen molar-refractivity contribution in [1.82, 2.24) is 10.2 Å². The monoisotopic (exact) mass is 290 g/mol. The molecule has 20 heavy (non-hydrogen) atoms. The Morgan fingerprint density at radius 2 is 2.10 bits per heavy atom. The molecule has 0 saturated heterocycles. The zero-order chi connectivity index (χ0) is 14.8. The molecule has 0 unspecified atom stereocenters. The predicted octanol–water partition coefficient (Wildman–Crippen LogP) is 3.22. The fourth-order valence-electron chi connectivity index (χ4n) is 2.05. The highest BCUT2D eigenvalue weighted by molar-refractivity contribution is 5.20.